The minimum atomic E-state index is -4.71. The number of para-hydroxylation sites is 1. The minimum Gasteiger partial charge on any atom is -0.345 e. The second-order valence-corrected chi connectivity index (χ2v) is 7.25. The Hall–Kier alpha value is -2.04. The van der Waals surface area contributed by atoms with Gasteiger partial charge in [-0.15, -0.1) is 11.3 Å². The highest BCUT2D eigenvalue weighted by Crippen LogP contribution is 2.54. The van der Waals surface area contributed by atoms with Crippen molar-refractivity contribution in [3.63, 3.8) is 0 Å². The number of halogens is 3. The van der Waals surface area contributed by atoms with Crippen molar-refractivity contribution < 1.29 is 17.9 Å². The van der Waals surface area contributed by atoms with Crippen LogP contribution in [-0.2, 0) is 16.1 Å². The van der Waals surface area contributed by atoms with Gasteiger partial charge in [0.2, 0.25) is 0 Å². The molecule has 1 aromatic carbocycles. The lowest BCUT2D eigenvalue weighted by Crippen LogP contribution is -2.57. The van der Waals surface area contributed by atoms with Crippen LogP contribution < -0.4 is 5.32 Å². The zero-order chi connectivity index (χ0) is 17.8. The van der Waals surface area contributed by atoms with Crippen LogP contribution in [0.15, 0.2) is 30.3 Å². The number of rotatable bonds is 1. The van der Waals surface area contributed by atoms with E-state index in [1.807, 2.05) is 6.07 Å². The Bertz CT molecular complexity index is 835. The predicted octanol–water partition coefficient (Wildman–Crippen LogP) is 5.02. The summed E-state index contributed by atoms with van der Waals surface area (Å²) in [6, 6.07) is 10.1. The Morgan fingerprint density at radius 1 is 1.25 bits per heavy atom. The second-order valence-electron chi connectivity index (χ2n) is 6.20. The van der Waals surface area contributed by atoms with Gasteiger partial charge in [0.25, 0.3) is 5.72 Å². The van der Waals surface area contributed by atoms with Crippen molar-refractivity contribution >= 4 is 17.0 Å². The van der Waals surface area contributed by atoms with Crippen LogP contribution in [0.5, 0.6) is 0 Å². The van der Waals surface area contributed by atoms with Crippen molar-refractivity contribution in [1.29, 1.82) is 5.26 Å². The molecular formula is C17H15F3N2OS. The average Bonchev–Trinajstić information content (AvgIpc) is 2.87. The Labute approximate surface area is 141 Å². The first kappa shape index (κ1) is 16.8. The summed E-state index contributed by atoms with van der Waals surface area (Å²) in [6.07, 6.45) is -4.71. The number of nitrogens with zero attached hydrogens (tertiary/aromatic N) is 1. The molecule has 3 nitrogen and oxygen atoms in total. The molecule has 1 aromatic heterocycles. The molecule has 24 heavy (non-hydrogen) atoms. The molecule has 1 atom stereocenters. The number of nitrogens with one attached hydrogen (secondary N) is 1. The van der Waals surface area contributed by atoms with Crippen LogP contribution in [-0.4, -0.2) is 6.18 Å². The molecule has 1 unspecified atom stereocenters. The van der Waals surface area contributed by atoms with E-state index in [9.17, 15) is 13.2 Å². The topological polar surface area (TPSA) is 45.0 Å². The molecule has 3 rings (SSSR count). The van der Waals surface area contributed by atoms with E-state index in [-0.39, 0.29) is 9.75 Å². The van der Waals surface area contributed by atoms with Gasteiger partial charge in [-0.3, -0.25) is 0 Å². The third-order valence-corrected chi connectivity index (χ3v) is 5.28. The number of hydrogen-bond acceptors (Lipinski definition) is 4. The monoisotopic (exact) mass is 352 g/mol. The maximum absolute atomic E-state index is 14.1. The van der Waals surface area contributed by atoms with Gasteiger partial charge in [0, 0.05) is 11.3 Å². The molecular weight excluding hydrogens is 337 g/mol. The van der Waals surface area contributed by atoms with Gasteiger partial charge in [-0.2, -0.15) is 18.4 Å². The summed E-state index contributed by atoms with van der Waals surface area (Å²) in [4.78, 5) is 0.169. The average molecular weight is 352 g/mol. The quantitative estimate of drug-likeness (QED) is 0.784. The molecule has 0 bridgehead atoms. The number of aryl methyl sites for hydroxylation is 1. The Kier molecular flexibility index (Phi) is 3.66. The Morgan fingerprint density at radius 2 is 1.92 bits per heavy atom. The van der Waals surface area contributed by atoms with Gasteiger partial charge in [-0.05, 0) is 38.5 Å². The molecule has 2 heterocycles. The lowest BCUT2D eigenvalue weighted by Gasteiger charge is -2.47. The van der Waals surface area contributed by atoms with Gasteiger partial charge < -0.3 is 10.1 Å². The fourth-order valence-electron chi connectivity index (χ4n) is 3.02. The molecule has 7 heteroatoms. The molecule has 0 radical (unpaired) electrons. The van der Waals surface area contributed by atoms with Crippen LogP contribution in [0.1, 0.15) is 34.7 Å². The van der Waals surface area contributed by atoms with Crippen molar-refractivity contribution in [1.82, 2.24) is 0 Å². The molecule has 1 aliphatic rings. The molecule has 1 N–H and O–H groups in total. The van der Waals surface area contributed by atoms with Gasteiger partial charge in [-0.25, -0.2) is 0 Å². The number of ether oxygens (including phenoxy) is 1. The number of anilines is 1. The summed E-state index contributed by atoms with van der Waals surface area (Å²) < 4.78 is 48.1. The fraction of sp³-hybridized carbons (Fsp3) is 0.353. The van der Waals surface area contributed by atoms with Gasteiger partial charge in [0.1, 0.15) is 10.9 Å². The molecule has 0 aliphatic carbocycles. The van der Waals surface area contributed by atoms with E-state index >= 15 is 0 Å². The molecule has 1 aliphatic heterocycles. The normalized spacial score (nSPS) is 22.4. The molecule has 126 valence electrons. The van der Waals surface area contributed by atoms with Crippen LogP contribution in [0, 0.1) is 18.3 Å². The molecule has 0 spiro atoms. The van der Waals surface area contributed by atoms with E-state index in [1.165, 1.54) is 6.07 Å². The fourth-order valence-corrected chi connectivity index (χ4v) is 4.09. The number of nitriles is 1. The molecule has 0 amide bonds. The molecule has 0 fully saturated rings. The van der Waals surface area contributed by atoms with E-state index < -0.39 is 17.5 Å². The van der Waals surface area contributed by atoms with E-state index in [1.54, 1.807) is 45.0 Å². The second kappa shape index (κ2) is 5.23. The standard InChI is InChI=1S/C17H15F3N2OS/c1-10-8-11(9-21)24-14(10)16(17(18,19)20)22-13-7-5-4-6-12(13)15(2,3)23-16/h4-8,22H,1-3H3. The highest BCUT2D eigenvalue weighted by atomic mass is 32.1. The maximum atomic E-state index is 14.1. The number of fused-ring (bicyclic) bond motifs is 1. The van der Waals surface area contributed by atoms with Crippen molar-refractivity contribution in [2.24, 2.45) is 0 Å². The van der Waals surface area contributed by atoms with Crippen LogP contribution in [0.25, 0.3) is 0 Å². The van der Waals surface area contributed by atoms with E-state index in [4.69, 9.17) is 10.00 Å². The van der Waals surface area contributed by atoms with Crippen molar-refractivity contribution in [3.8, 4) is 6.07 Å². The van der Waals surface area contributed by atoms with Crippen molar-refractivity contribution in [2.75, 3.05) is 5.32 Å². The predicted molar refractivity (Wildman–Crippen MR) is 85.7 cm³/mol. The maximum Gasteiger partial charge on any atom is 0.442 e. The first-order valence-corrected chi connectivity index (χ1v) is 8.08. The third kappa shape index (κ3) is 2.38. The molecule has 2 aromatic rings. The number of hydrogen-bond donors (Lipinski definition) is 1. The van der Waals surface area contributed by atoms with Gasteiger partial charge >= 0.3 is 6.18 Å². The zero-order valence-electron chi connectivity index (χ0n) is 13.3. The largest absolute Gasteiger partial charge is 0.442 e. The highest BCUT2D eigenvalue weighted by Gasteiger charge is 2.63. The minimum absolute atomic E-state index is 0.0471. The number of thiophene rings is 1. The third-order valence-electron chi connectivity index (χ3n) is 4.04. The number of benzene rings is 1. The van der Waals surface area contributed by atoms with Crippen LogP contribution in [0.4, 0.5) is 18.9 Å². The van der Waals surface area contributed by atoms with Gasteiger partial charge in [0.15, 0.2) is 0 Å². The Balaban J connectivity index is 2.27. The molecule has 0 saturated carbocycles. The number of alkyl halides is 3. The lowest BCUT2D eigenvalue weighted by molar-refractivity contribution is -0.306. The summed E-state index contributed by atoms with van der Waals surface area (Å²) in [5, 5.41) is 11.6. The van der Waals surface area contributed by atoms with E-state index in [0.717, 1.165) is 11.3 Å². The van der Waals surface area contributed by atoms with E-state index in [2.05, 4.69) is 5.32 Å². The van der Waals surface area contributed by atoms with Crippen molar-refractivity contribution in [3.05, 3.63) is 51.2 Å². The SMILES string of the molecule is Cc1cc(C#N)sc1C1(C(F)(F)F)Nc2ccccc2C(C)(C)O1. The van der Waals surface area contributed by atoms with Crippen LogP contribution in [0.3, 0.4) is 0 Å². The lowest BCUT2D eigenvalue weighted by atomic mass is 9.91. The van der Waals surface area contributed by atoms with E-state index in [0.29, 0.717) is 16.8 Å². The summed E-state index contributed by atoms with van der Waals surface area (Å²) >= 11 is 0.799. The summed E-state index contributed by atoms with van der Waals surface area (Å²) in [6.45, 7) is 4.78. The highest BCUT2D eigenvalue weighted by molar-refractivity contribution is 7.12. The summed E-state index contributed by atoms with van der Waals surface area (Å²) in [5.41, 5.74) is -2.44. The molecule has 0 saturated heterocycles. The first-order valence-electron chi connectivity index (χ1n) is 7.26. The zero-order valence-corrected chi connectivity index (χ0v) is 14.1. The first-order chi connectivity index (χ1) is 11.1. The van der Waals surface area contributed by atoms with Crippen LogP contribution in [0.2, 0.25) is 0 Å². The summed E-state index contributed by atoms with van der Waals surface area (Å²) in [7, 11) is 0. The van der Waals surface area contributed by atoms with Crippen LogP contribution >= 0.6 is 11.3 Å². The smallest absolute Gasteiger partial charge is 0.345 e. The van der Waals surface area contributed by atoms with Gasteiger partial charge in [-0.1, -0.05) is 18.2 Å². The summed E-state index contributed by atoms with van der Waals surface area (Å²) in [5.74, 6) is 0. The Morgan fingerprint density at radius 3 is 2.50 bits per heavy atom. The van der Waals surface area contributed by atoms with Crippen molar-refractivity contribution in [2.45, 2.75) is 38.3 Å². The van der Waals surface area contributed by atoms with Gasteiger partial charge in [0.05, 0.1) is 10.5 Å².